The standard InChI is InChI=1S/C17H14N2O3/c1-12-15(16(19-22-12)13-7-3-2-4-8-13)17(20)21-11-14-9-5-6-10-18-14/h2-10H,11H2,1H3. The molecule has 5 heteroatoms. The molecule has 0 spiro atoms. The SMILES string of the molecule is Cc1onc(-c2ccccc2)c1C(=O)OCc1ccccn1. The van der Waals surface area contributed by atoms with Crippen LogP contribution in [0.3, 0.4) is 0 Å². The monoisotopic (exact) mass is 294 g/mol. The van der Waals surface area contributed by atoms with E-state index in [1.165, 1.54) is 0 Å². The van der Waals surface area contributed by atoms with Crippen molar-refractivity contribution in [2.24, 2.45) is 0 Å². The summed E-state index contributed by atoms with van der Waals surface area (Å²) in [7, 11) is 0. The highest BCUT2D eigenvalue weighted by Crippen LogP contribution is 2.25. The second kappa shape index (κ2) is 6.22. The van der Waals surface area contributed by atoms with Gasteiger partial charge in [0.05, 0.1) is 5.69 Å². The maximum atomic E-state index is 12.3. The van der Waals surface area contributed by atoms with Crippen LogP contribution in [-0.2, 0) is 11.3 Å². The second-order valence-corrected chi connectivity index (χ2v) is 4.73. The quantitative estimate of drug-likeness (QED) is 0.690. The van der Waals surface area contributed by atoms with Gasteiger partial charge in [-0.15, -0.1) is 0 Å². The lowest BCUT2D eigenvalue weighted by Gasteiger charge is -2.05. The molecule has 0 aliphatic rings. The normalized spacial score (nSPS) is 10.4. The first-order valence-corrected chi connectivity index (χ1v) is 6.84. The van der Waals surface area contributed by atoms with Crippen LogP contribution in [0.25, 0.3) is 11.3 Å². The van der Waals surface area contributed by atoms with Crippen molar-refractivity contribution in [3.05, 3.63) is 71.7 Å². The smallest absolute Gasteiger partial charge is 0.344 e. The van der Waals surface area contributed by atoms with Gasteiger partial charge in [-0.3, -0.25) is 4.98 Å². The summed E-state index contributed by atoms with van der Waals surface area (Å²) in [5.74, 6) is -0.0341. The van der Waals surface area contributed by atoms with Gasteiger partial charge in [0.1, 0.15) is 23.6 Å². The van der Waals surface area contributed by atoms with Gasteiger partial charge in [-0.1, -0.05) is 41.6 Å². The molecule has 0 radical (unpaired) electrons. The van der Waals surface area contributed by atoms with E-state index < -0.39 is 5.97 Å². The number of aryl methyl sites for hydroxylation is 1. The molecule has 2 aromatic heterocycles. The zero-order chi connectivity index (χ0) is 15.4. The molecule has 0 saturated heterocycles. The number of esters is 1. The number of rotatable bonds is 4. The predicted octanol–water partition coefficient (Wildman–Crippen LogP) is 3.40. The number of benzene rings is 1. The van der Waals surface area contributed by atoms with Gasteiger partial charge in [-0.05, 0) is 19.1 Å². The summed E-state index contributed by atoms with van der Waals surface area (Å²) in [4.78, 5) is 16.5. The zero-order valence-corrected chi connectivity index (χ0v) is 12.0. The van der Waals surface area contributed by atoms with Crippen molar-refractivity contribution in [3.63, 3.8) is 0 Å². The maximum Gasteiger partial charge on any atom is 0.344 e. The van der Waals surface area contributed by atoms with Crippen LogP contribution in [-0.4, -0.2) is 16.1 Å². The van der Waals surface area contributed by atoms with Gasteiger partial charge in [0.2, 0.25) is 0 Å². The van der Waals surface area contributed by atoms with E-state index in [-0.39, 0.29) is 6.61 Å². The van der Waals surface area contributed by atoms with Gasteiger partial charge in [0, 0.05) is 11.8 Å². The molecule has 22 heavy (non-hydrogen) atoms. The molecule has 1 aromatic carbocycles. The summed E-state index contributed by atoms with van der Waals surface area (Å²) in [6, 6.07) is 14.8. The van der Waals surface area contributed by atoms with Crippen LogP contribution in [0.2, 0.25) is 0 Å². The molecular weight excluding hydrogens is 280 g/mol. The number of ether oxygens (including phenoxy) is 1. The summed E-state index contributed by atoms with van der Waals surface area (Å²) in [6.45, 7) is 1.80. The second-order valence-electron chi connectivity index (χ2n) is 4.73. The molecule has 0 amide bonds. The summed E-state index contributed by atoms with van der Waals surface area (Å²) >= 11 is 0. The molecule has 110 valence electrons. The highest BCUT2D eigenvalue weighted by Gasteiger charge is 2.22. The van der Waals surface area contributed by atoms with Crippen molar-refractivity contribution in [3.8, 4) is 11.3 Å². The Bertz CT molecular complexity index is 767. The molecule has 0 bridgehead atoms. The topological polar surface area (TPSA) is 65.2 Å². The average molecular weight is 294 g/mol. The van der Waals surface area contributed by atoms with Crippen molar-refractivity contribution in [2.45, 2.75) is 13.5 Å². The van der Waals surface area contributed by atoms with Crippen LogP contribution >= 0.6 is 0 Å². The molecule has 2 heterocycles. The van der Waals surface area contributed by atoms with Crippen molar-refractivity contribution >= 4 is 5.97 Å². The Morgan fingerprint density at radius 3 is 2.64 bits per heavy atom. The van der Waals surface area contributed by atoms with Crippen LogP contribution < -0.4 is 0 Å². The van der Waals surface area contributed by atoms with Gasteiger partial charge < -0.3 is 9.26 Å². The zero-order valence-electron chi connectivity index (χ0n) is 12.0. The first-order valence-electron chi connectivity index (χ1n) is 6.84. The van der Waals surface area contributed by atoms with E-state index in [1.54, 1.807) is 19.2 Å². The number of hydrogen-bond donors (Lipinski definition) is 0. The Hall–Kier alpha value is -2.95. The lowest BCUT2D eigenvalue weighted by atomic mass is 10.1. The van der Waals surface area contributed by atoms with E-state index in [2.05, 4.69) is 10.1 Å². The number of hydrogen-bond acceptors (Lipinski definition) is 5. The Morgan fingerprint density at radius 2 is 1.91 bits per heavy atom. The third-order valence-corrected chi connectivity index (χ3v) is 3.19. The summed E-state index contributed by atoms with van der Waals surface area (Å²) in [6.07, 6.45) is 1.66. The van der Waals surface area contributed by atoms with Crippen LogP contribution in [0.4, 0.5) is 0 Å². The Balaban J connectivity index is 1.82. The minimum absolute atomic E-state index is 0.110. The molecule has 5 nitrogen and oxygen atoms in total. The summed E-state index contributed by atoms with van der Waals surface area (Å²) in [5.41, 5.74) is 2.33. The lowest BCUT2D eigenvalue weighted by Crippen LogP contribution is -2.08. The fourth-order valence-electron chi connectivity index (χ4n) is 2.10. The van der Waals surface area contributed by atoms with E-state index in [9.17, 15) is 4.79 Å². The molecule has 0 aliphatic carbocycles. The van der Waals surface area contributed by atoms with E-state index in [4.69, 9.17) is 9.26 Å². The number of nitrogens with zero attached hydrogens (tertiary/aromatic N) is 2. The number of aromatic nitrogens is 2. The average Bonchev–Trinajstić information content (AvgIpc) is 2.96. The van der Waals surface area contributed by atoms with Crippen LogP contribution in [0.15, 0.2) is 59.3 Å². The van der Waals surface area contributed by atoms with Gasteiger partial charge in [-0.2, -0.15) is 0 Å². The third kappa shape index (κ3) is 2.88. The molecular formula is C17H14N2O3. The molecule has 0 unspecified atom stereocenters. The molecule has 0 atom stereocenters. The third-order valence-electron chi connectivity index (χ3n) is 3.19. The maximum absolute atomic E-state index is 12.3. The molecule has 0 fully saturated rings. The van der Waals surface area contributed by atoms with Crippen LogP contribution in [0.1, 0.15) is 21.8 Å². The summed E-state index contributed by atoms with van der Waals surface area (Å²) < 4.78 is 10.5. The summed E-state index contributed by atoms with van der Waals surface area (Å²) in [5, 5.41) is 3.97. The van der Waals surface area contributed by atoms with Crippen LogP contribution in [0, 0.1) is 6.92 Å². The predicted molar refractivity (Wildman–Crippen MR) is 80.0 cm³/mol. The van der Waals surface area contributed by atoms with Crippen molar-refractivity contribution in [1.29, 1.82) is 0 Å². The first-order chi connectivity index (χ1) is 10.8. The molecule has 3 aromatic rings. The van der Waals surface area contributed by atoms with Gasteiger partial charge in [-0.25, -0.2) is 4.79 Å². The number of carbonyl (C=O) groups excluding carboxylic acids is 1. The number of pyridine rings is 1. The highest BCUT2D eigenvalue weighted by atomic mass is 16.5. The van der Waals surface area contributed by atoms with E-state index in [0.29, 0.717) is 22.7 Å². The largest absolute Gasteiger partial charge is 0.455 e. The van der Waals surface area contributed by atoms with E-state index in [0.717, 1.165) is 5.56 Å². The molecule has 3 rings (SSSR count). The first kappa shape index (κ1) is 14.0. The molecule has 0 N–H and O–H groups in total. The highest BCUT2D eigenvalue weighted by molar-refractivity contribution is 5.97. The minimum Gasteiger partial charge on any atom is -0.455 e. The Labute approximate surface area is 127 Å². The molecule has 0 saturated carbocycles. The Kier molecular flexibility index (Phi) is 3.96. The van der Waals surface area contributed by atoms with Crippen molar-refractivity contribution in [1.82, 2.24) is 10.1 Å². The van der Waals surface area contributed by atoms with Crippen molar-refractivity contribution < 1.29 is 14.1 Å². The Morgan fingerprint density at radius 1 is 1.14 bits per heavy atom. The molecule has 0 aliphatic heterocycles. The van der Waals surface area contributed by atoms with Crippen molar-refractivity contribution in [2.75, 3.05) is 0 Å². The number of carbonyl (C=O) groups is 1. The van der Waals surface area contributed by atoms with Gasteiger partial charge >= 0.3 is 5.97 Å². The van der Waals surface area contributed by atoms with Crippen LogP contribution in [0.5, 0.6) is 0 Å². The van der Waals surface area contributed by atoms with E-state index in [1.807, 2.05) is 42.5 Å². The van der Waals surface area contributed by atoms with E-state index >= 15 is 0 Å². The van der Waals surface area contributed by atoms with Gasteiger partial charge in [0.25, 0.3) is 0 Å². The fraction of sp³-hybridized carbons (Fsp3) is 0.118. The van der Waals surface area contributed by atoms with Gasteiger partial charge in [0.15, 0.2) is 0 Å². The fourth-order valence-corrected chi connectivity index (χ4v) is 2.10. The lowest BCUT2D eigenvalue weighted by molar-refractivity contribution is 0.0466. The minimum atomic E-state index is -0.469.